The maximum Gasteiger partial charge on any atom is 0.449 e. The molecule has 0 aliphatic rings. The van der Waals surface area contributed by atoms with Crippen LogP contribution < -0.4 is 4.18 Å². The summed E-state index contributed by atoms with van der Waals surface area (Å²) in [6.45, 7) is 16.5. The predicted octanol–water partition coefficient (Wildman–Crippen LogP) is 6.49. The van der Waals surface area contributed by atoms with Crippen molar-refractivity contribution >= 4 is 10.4 Å². The fraction of sp³-hybridized carbons (Fsp3) is 0.750. The van der Waals surface area contributed by atoms with Crippen molar-refractivity contribution < 1.29 is 25.7 Å². The first kappa shape index (κ1) is 29.8. The maximum atomic E-state index is 12.4. The third-order valence-electron chi connectivity index (χ3n) is 5.22. The summed E-state index contributed by atoms with van der Waals surface area (Å²) >= 11 is 0. The molecule has 0 bridgehead atoms. The number of hydrogen-bond donors (Lipinski definition) is 0. The highest BCUT2D eigenvalue weighted by Gasteiger charge is 2.24. The van der Waals surface area contributed by atoms with E-state index in [4.69, 9.17) is 0 Å². The molecule has 182 valence electrons. The van der Waals surface area contributed by atoms with Crippen molar-refractivity contribution in [3.8, 4) is 5.75 Å². The number of unbranched alkanes of at least 4 members (excludes halogenated alkanes) is 4. The molecule has 0 saturated carbocycles. The molecule has 1 aromatic carbocycles. The van der Waals surface area contributed by atoms with Gasteiger partial charge in [0.15, 0.2) is 0 Å². The quantitative estimate of drug-likeness (QED) is 0.264. The van der Waals surface area contributed by atoms with E-state index in [2.05, 4.69) is 36.1 Å². The van der Waals surface area contributed by atoms with E-state index in [0.29, 0.717) is 0 Å². The molecule has 0 amide bonds. The molecular weight excluding hydrogens is 417 g/mol. The van der Waals surface area contributed by atoms with Gasteiger partial charge in [-0.3, -0.25) is 0 Å². The molecule has 0 spiro atoms. The van der Waals surface area contributed by atoms with Gasteiger partial charge in [-0.15, -0.1) is 0 Å². The van der Waals surface area contributed by atoms with Crippen molar-refractivity contribution in [1.82, 2.24) is 0 Å². The predicted molar refractivity (Wildman–Crippen MR) is 127 cm³/mol. The molecule has 1 rings (SSSR count). The second-order valence-corrected chi connectivity index (χ2v) is 9.22. The van der Waals surface area contributed by atoms with Gasteiger partial charge in [0.1, 0.15) is 11.6 Å². The van der Waals surface area contributed by atoms with Gasteiger partial charge in [0.05, 0.1) is 32.8 Å². The van der Waals surface area contributed by atoms with Crippen molar-refractivity contribution in [2.45, 2.75) is 86.0 Å². The third kappa shape index (κ3) is 14.5. The molecule has 31 heavy (non-hydrogen) atoms. The van der Waals surface area contributed by atoms with Crippen LogP contribution in [0.2, 0.25) is 0 Å². The zero-order valence-electron chi connectivity index (χ0n) is 20.4. The Labute approximate surface area is 190 Å². The van der Waals surface area contributed by atoms with Crippen molar-refractivity contribution in [3.63, 3.8) is 0 Å². The lowest BCUT2D eigenvalue weighted by molar-refractivity contribution is -0.929. The summed E-state index contributed by atoms with van der Waals surface area (Å²) in [5.74, 6) is -0.453. The topological polar surface area (TPSA) is 52.6 Å². The Balaban J connectivity index is 0.000000590. The van der Waals surface area contributed by atoms with Crippen LogP contribution in [0, 0.1) is 5.82 Å². The van der Waals surface area contributed by atoms with E-state index in [0.717, 1.165) is 12.1 Å². The molecule has 0 heterocycles. The molecule has 0 aliphatic heterocycles. The molecule has 5 nitrogen and oxygen atoms in total. The second kappa shape index (κ2) is 17.4. The van der Waals surface area contributed by atoms with E-state index in [1.165, 1.54) is 101 Å². The molecule has 0 fully saturated rings. The van der Waals surface area contributed by atoms with Gasteiger partial charge in [-0.05, 0) is 56.9 Å². The molecule has 0 unspecified atom stereocenters. The molecule has 0 N–H and O–H groups in total. The van der Waals surface area contributed by atoms with E-state index in [9.17, 15) is 12.8 Å². The van der Waals surface area contributed by atoms with Crippen molar-refractivity contribution in [1.29, 1.82) is 0 Å². The molecule has 1 aromatic rings. The summed E-state index contributed by atoms with van der Waals surface area (Å²) in [5, 5.41) is 0. The Morgan fingerprint density at radius 3 is 1.45 bits per heavy atom. The van der Waals surface area contributed by atoms with Gasteiger partial charge in [0.2, 0.25) is 0 Å². The highest BCUT2D eigenvalue weighted by atomic mass is 32.3. The summed E-state index contributed by atoms with van der Waals surface area (Å²) < 4.78 is 44.5. The average Bonchev–Trinajstić information content (AvgIpc) is 2.74. The van der Waals surface area contributed by atoms with Gasteiger partial charge in [-0.2, -0.15) is 8.42 Å². The average molecular weight is 463 g/mol. The number of quaternary nitrogens is 1. The molecule has 0 aliphatic carbocycles. The van der Waals surface area contributed by atoms with E-state index in [1.807, 2.05) is 0 Å². The SMILES string of the molecule is CCCC[N+](CCCC)(CCCC)CCCC.CCOS(=O)(=O)Oc1ccc(F)cc1. The Morgan fingerprint density at radius 2 is 1.13 bits per heavy atom. The summed E-state index contributed by atoms with van der Waals surface area (Å²) in [7, 11) is -4.02. The first-order valence-corrected chi connectivity index (χ1v) is 13.3. The standard InChI is InChI=1S/C16H36N.C8H9FO4S/c1-5-9-13-17(14-10-6-2,15-11-7-3)16-12-8-4;1-2-12-14(10,11)13-8-5-3-7(9)4-6-8/h5-16H2,1-4H3;3-6H,2H2,1H3/q+1;. The molecular formula is C24H45FNO4S+. The van der Waals surface area contributed by atoms with Crippen LogP contribution in [0.1, 0.15) is 86.0 Å². The summed E-state index contributed by atoms with van der Waals surface area (Å²) in [6, 6.07) is 4.59. The minimum atomic E-state index is -4.02. The van der Waals surface area contributed by atoms with E-state index < -0.39 is 16.2 Å². The van der Waals surface area contributed by atoms with Gasteiger partial charge in [-0.1, -0.05) is 53.4 Å². The van der Waals surface area contributed by atoms with Crippen molar-refractivity contribution in [2.24, 2.45) is 0 Å². The highest BCUT2D eigenvalue weighted by molar-refractivity contribution is 7.82. The Morgan fingerprint density at radius 1 is 0.742 bits per heavy atom. The van der Waals surface area contributed by atoms with Gasteiger partial charge in [0.25, 0.3) is 0 Å². The molecule has 7 heteroatoms. The van der Waals surface area contributed by atoms with Crippen LogP contribution in [-0.2, 0) is 14.6 Å². The van der Waals surface area contributed by atoms with Gasteiger partial charge in [0, 0.05) is 0 Å². The second-order valence-electron chi connectivity index (χ2n) is 8.00. The molecule has 0 radical (unpaired) electrons. The first-order valence-electron chi connectivity index (χ1n) is 12.0. The normalized spacial score (nSPS) is 11.7. The maximum absolute atomic E-state index is 12.4. The zero-order valence-corrected chi connectivity index (χ0v) is 21.2. The van der Waals surface area contributed by atoms with E-state index in [-0.39, 0.29) is 12.4 Å². The van der Waals surface area contributed by atoms with Crippen LogP contribution in [0.5, 0.6) is 5.75 Å². The lowest BCUT2D eigenvalue weighted by atomic mass is 10.1. The number of nitrogens with zero attached hydrogens (tertiary/aromatic N) is 1. The van der Waals surface area contributed by atoms with Gasteiger partial charge < -0.3 is 8.67 Å². The lowest BCUT2D eigenvalue weighted by Crippen LogP contribution is -2.50. The molecule has 0 aromatic heterocycles. The van der Waals surface area contributed by atoms with Crippen LogP contribution in [0.25, 0.3) is 0 Å². The van der Waals surface area contributed by atoms with Crippen LogP contribution in [0.4, 0.5) is 4.39 Å². The zero-order chi connectivity index (χ0) is 23.6. The van der Waals surface area contributed by atoms with Gasteiger partial charge >= 0.3 is 10.4 Å². The van der Waals surface area contributed by atoms with Crippen LogP contribution in [-0.4, -0.2) is 45.7 Å². The number of hydrogen-bond acceptors (Lipinski definition) is 4. The van der Waals surface area contributed by atoms with Crippen molar-refractivity contribution in [2.75, 3.05) is 32.8 Å². The van der Waals surface area contributed by atoms with E-state index >= 15 is 0 Å². The van der Waals surface area contributed by atoms with Crippen LogP contribution in [0.3, 0.4) is 0 Å². The molecule has 0 atom stereocenters. The van der Waals surface area contributed by atoms with Crippen molar-refractivity contribution in [3.05, 3.63) is 30.1 Å². The number of halogens is 1. The highest BCUT2D eigenvalue weighted by Crippen LogP contribution is 2.16. The summed E-state index contributed by atoms with van der Waals surface area (Å²) in [4.78, 5) is 0. The van der Waals surface area contributed by atoms with Gasteiger partial charge in [-0.25, -0.2) is 8.57 Å². The first-order chi connectivity index (χ1) is 14.8. The van der Waals surface area contributed by atoms with Crippen LogP contribution >= 0.6 is 0 Å². The largest absolute Gasteiger partial charge is 0.449 e. The minimum absolute atomic E-state index is 0.0104. The monoisotopic (exact) mass is 462 g/mol. The smallest absolute Gasteiger partial charge is 0.362 e. The van der Waals surface area contributed by atoms with E-state index in [1.54, 1.807) is 0 Å². The Hall–Kier alpha value is -1.18. The third-order valence-corrected chi connectivity index (χ3v) is 6.14. The Bertz CT molecular complexity index is 613. The number of rotatable bonds is 16. The minimum Gasteiger partial charge on any atom is -0.362 e. The summed E-state index contributed by atoms with van der Waals surface area (Å²) in [5.41, 5.74) is 0. The lowest BCUT2D eigenvalue weighted by Gasteiger charge is -2.39. The molecule has 0 saturated heterocycles. The van der Waals surface area contributed by atoms with Crippen LogP contribution in [0.15, 0.2) is 24.3 Å². The summed E-state index contributed by atoms with van der Waals surface area (Å²) in [6.07, 6.45) is 11.1. The number of benzene rings is 1. The fourth-order valence-electron chi connectivity index (χ4n) is 3.42. The Kier molecular flexibility index (Phi) is 16.7. The fourth-order valence-corrected chi connectivity index (χ4v) is 4.10.